The third kappa shape index (κ3) is 8.50. The summed E-state index contributed by atoms with van der Waals surface area (Å²) in [6.45, 7) is 0. The zero-order valence-electron chi connectivity index (χ0n) is 12.5. The van der Waals surface area contributed by atoms with Crippen molar-refractivity contribution in [2.75, 3.05) is 0 Å². The molecule has 11 heteroatoms. The second kappa shape index (κ2) is 9.20. The molecule has 2 rings (SSSR count). The van der Waals surface area contributed by atoms with Gasteiger partial charge in [0.2, 0.25) is 0 Å². The number of hydrogen-bond donors (Lipinski definition) is 0. The van der Waals surface area contributed by atoms with Crippen LogP contribution in [0.3, 0.4) is 0 Å². The number of carbonyl (C=O) groups is 1. The van der Waals surface area contributed by atoms with E-state index >= 15 is 0 Å². The Morgan fingerprint density at radius 2 is 1.31 bits per heavy atom. The van der Waals surface area contributed by atoms with E-state index < -0.39 is 26.1 Å². The Kier molecular flexibility index (Phi) is 7.86. The van der Waals surface area contributed by atoms with Crippen molar-refractivity contribution >= 4 is 46.4 Å². The predicted octanol–water partition coefficient (Wildman–Crippen LogP) is 6.12. The molecule has 0 aliphatic carbocycles. The molecule has 0 spiro atoms. The molecular formula is C15H9Cl2F4NO3S. The van der Waals surface area contributed by atoms with Crippen LogP contribution in [0.15, 0.2) is 54.6 Å². The minimum Gasteiger partial charge on any atom is -0.289 e. The number of benzene rings is 2. The fourth-order valence-corrected chi connectivity index (χ4v) is 2.58. The molecule has 0 aliphatic heterocycles. The van der Waals surface area contributed by atoms with Crippen LogP contribution in [-0.2, 0) is 0 Å². The van der Waals surface area contributed by atoms with E-state index in [0.717, 1.165) is 0 Å². The van der Waals surface area contributed by atoms with E-state index in [1.54, 1.807) is 24.3 Å². The van der Waals surface area contributed by atoms with E-state index in [1.807, 2.05) is 6.07 Å². The molecule has 0 atom stereocenters. The number of nitrogens with zero attached hydrogens (tertiary/aromatic N) is 1. The molecule has 0 amide bonds. The Bertz CT molecular complexity index is 738. The van der Waals surface area contributed by atoms with E-state index in [0.29, 0.717) is 11.1 Å². The van der Waals surface area contributed by atoms with Crippen molar-refractivity contribution < 1.29 is 27.3 Å². The molecule has 2 aromatic carbocycles. The van der Waals surface area contributed by atoms with Gasteiger partial charge < -0.3 is 0 Å². The highest BCUT2D eigenvalue weighted by atomic mass is 35.5. The molecule has 0 N–H and O–H groups in total. The molecule has 0 aliphatic rings. The summed E-state index contributed by atoms with van der Waals surface area (Å²) in [5.41, 5.74) is 0.998. The summed E-state index contributed by atoms with van der Waals surface area (Å²) in [5, 5.41) is 10.5. The number of alkyl halides is 6. The molecular weight excluding hydrogens is 421 g/mol. The minimum atomic E-state index is -4.01. The van der Waals surface area contributed by atoms with Gasteiger partial charge in [0.15, 0.2) is 5.78 Å². The Labute approximate surface area is 159 Å². The van der Waals surface area contributed by atoms with Crippen molar-refractivity contribution in [3.63, 3.8) is 0 Å². The summed E-state index contributed by atoms with van der Waals surface area (Å²) in [6, 6.07) is 14.4. The number of nitro groups is 1. The first-order valence-corrected chi connectivity index (χ1v) is 8.14. The van der Waals surface area contributed by atoms with Crippen LogP contribution < -0.4 is 0 Å². The van der Waals surface area contributed by atoms with Crippen LogP contribution in [0, 0.1) is 10.1 Å². The van der Waals surface area contributed by atoms with Gasteiger partial charge in [0.1, 0.15) is 0 Å². The van der Waals surface area contributed by atoms with Crippen LogP contribution >= 0.6 is 35.0 Å². The second-order valence-corrected chi connectivity index (χ2v) is 7.12. The van der Waals surface area contributed by atoms with Crippen LogP contribution in [0.4, 0.5) is 23.2 Å². The Morgan fingerprint density at radius 3 is 1.65 bits per heavy atom. The first-order chi connectivity index (χ1) is 11.9. The summed E-state index contributed by atoms with van der Waals surface area (Å²) in [4.78, 5) is 21.9. The Balaban J connectivity index is 0.000000321. The lowest BCUT2D eigenvalue weighted by atomic mass is 10.0. The Hall–Kier alpha value is -1.84. The number of nitro benzene ring substituents is 1. The van der Waals surface area contributed by atoms with Gasteiger partial charge >= 0.3 is 9.43 Å². The number of rotatable bonds is 5. The van der Waals surface area contributed by atoms with Gasteiger partial charge in [-0.15, -0.1) is 0 Å². The van der Waals surface area contributed by atoms with E-state index in [4.69, 9.17) is 0 Å². The maximum atomic E-state index is 12.0. The van der Waals surface area contributed by atoms with Gasteiger partial charge in [0.25, 0.3) is 5.69 Å². The smallest absolute Gasteiger partial charge is 0.289 e. The zero-order valence-corrected chi connectivity index (χ0v) is 14.9. The summed E-state index contributed by atoms with van der Waals surface area (Å²) >= 11 is 7.04. The molecule has 0 saturated carbocycles. The van der Waals surface area contributed by atoms with Crippen molar-refractivity contribution in [3.05, 3.63) is 75.8 Å². The molecule has 4 nitrogen and oxygen atoms in total. The SMILES string of the molecule is FC(F)(Cl)SC(F)(F)Cl.O=C(c1ccccc1)c1ccc([N+](=O)[O-])cc1. The normalized spacial score (nSPS) is 11.3. The van der Waals surface area contributed by atoms with Crippen LogP contribution in [0.1, 0.15) is 15.9 Å². The number of hydrogen-bond acceptors (Lipinski definition) is 4. The summed E-state index contributed by atoms with van der Waals surface area (Å²) in [6.07, 6.45) is 0. The van der Waals surface area contributed by atoms with E-state index in [2.05, 4.69) is 23.2 Å². The number of non-ortho nitro benzene ring substituents is 1. The monoisotopic (exact) mass is 429 g/mol. The van der Waals surface area contributed by atoms with Gasteiger partial charge in [-0.2, -0.15) is 17.6 Å². The van der Waals surface area contributed by atoms with Gasteiger partial charge in [0, 0.05) is 35.0 Å². The topological polar surface area (TPSA) is 60.2 Å². The zero-order chi connectivity index (χ0) is 20.0. The minimum absolute atomic E-state index is 0.0189. The average Bonchev–Trinajstić information content (AvgIpc) is 2.52. The van der Waals surface area contributed by atoms with Crippen LogP contribution in [-0.4, -0.2) is 20.1 Å². The fourth-order valence-electron chi connectivity index (χ4n) is 1.62. The molecule has 26 heavy (non-hydrogen) atoms. The lowest BCUT2D eigenvalue weighted by Crippen LogP contribution is -2.09. The first-order valence-electron chi connectivity index (χ1n) is 6.57. The molecule has 0 heterocycles. The highest BCUT2D eigenvalue weighted by Crippen LogP contribution is 2.46. The van der Waals surface area contributed by atoms with Crippen molar-refractivity contribution in [2.24, 2.45) is 0 Å². The van der Waals surface area contributed by atoms with E-state index in [9.17, 15) is 32.5 Å². The first kappa shape index (κ1) is 22.2. The molecule has 140 valence electrons. The summed E-state index contributed by atoms with van der Waals surface area (Å²) in [7, 11) is 0. The van der Waals surface area contributed by atoms with Crippen molar-refractivity contribution in [1.29, 1.82) is 0 Å². The van der Waals surface area contributed by atoms with E-state index in [1.165, 1.54) is 24.3 Å². The number of halogens is 6. The molecule has 2 aromatic rings. The maximum Gasteiger partial charge on any atom is 0.377 e. The quantitative estimate of drug-likeness (QED) is 0.188. The van der Waals surface area contributed by atoms with Gasteiger partial charge in [-0.25, -0.2) is 0 Å². The molecule has 0 unspecified atom stereocenters. The van der Waals surface area contributed by atoms with Crippen molar-refractivity contribution in [1.82, 2.24) is 0 Å². The molecule has 0 bridgehead atoms. The number of carbonyl (C=O) groups excluding carboxylic acids is 1. The van der Waals surface area contributed by atoms with Crippen molar-refractivity contribution in [3.8, 4) is 0 Å². The van der Waals surface area contributed by atoms with Crippen LogP contribution in [0.25, 0.3) is 0 Å². The molecule has 0 radical (unpaired) electrons. The predicted molar refractivity (Wildman–Crippen MR) is 92.2 cm³/mol. The van der Waals surface area contributed by atoms with Gasteiger partial charge in [-0.1, -0.05) is 30.3 Å². The lowest BCUT2D eigenvalue weighted by molar-refractivity contribution is -0.384. The maximum absolute atomic E-state index is 12.0. The average molecular weight is 430 g/mol. The summed E-state index contributed by atoms with van der Waals surface area (Å²) in [5.74, 6) is -0.138. The number of ketones is 1. The third-order valence-electron chi connectivity index (χ3n) is 2.61. The highest BCUT2D eigenvalue weighted by molar-refractivity contribution is 8.03. The van der Waals surface area contributed by atoms with Gasteiger partial charge in [0.05, 0.1) is 4.92 Å². The van der Waals surface area contributed by atoms with E-state index in [-0.39, 0.29) is 11.5 Å². The molecule has 0 fully saturated rings. The fraction of sp³-hybridized carbons (Fsp3) is 0.133. The number of thioether (sulfide) groups is 1. The lowest BCUT2D eigenvalue weighted by Gasteiger charge is -2.09. The van der Waals surface area contributed by atoms with Crippen LogP contribution in [0.2, 0.25) is 0 Å². The largest absolute Gasteiger partial charge is 0.377 e. The van der Waals surface area contributed by atoms with Gasteiger partial charge in [-0.05, 0) is 35.3 Å². The summed E-state index contributed by atoms with van der Waals surface area (Å²) < 4.78 is 37.5. The molecule has 0 aromatic heterocycles. The Morgan fingerprint density at radius 1 is 0.885 bits per heavy atom. The third-order valence-corrected chi connectivity index (χ3v) is 3.53. The van der Waals surface area contributed by atoms with Gasteiger partial charge in [-0.3, -0.25) is 14.9 Å². The highest BCUT2D eigenvalue weighted by Gasteiger charge is 2.41. The van der Waals surface area contributed by atoms with Crippen molar-refractivity contribution in [2.45, 2.75) is 9.43 Å². The van der Waals surface area contributed by atoms with Crippen LogP contribution in [0.5, 0.6) is 0 Å². The standard InChI is InChI=1S/C13H9NO3.C2Cl2F4S/c15-13(10-4-2-1-3-5-10)11-6-8-12(9-7-11)14(16)17;3-1(5,6)9-2(4,7)8/h1-9H;. The molecule has 0 saturated heterocycles. The second-order valence-electron chi connectivity index (χ2n) is 4.49.